The van der Waals surface area contributed by atoms with Gasteiger partial charge in [0, 0.05) is 16.6 Å². The van der Waals surface area contributed by atoms with Crippen LogP contribution < -0.4 is 20.3 Å². The molecule has 39 heavy (non-hydrogen) atoms. The van der Waals surface area contributed by atoms with Crippen molar-refractivity contribution in [2.45, 2.75) is 23.8 Å². The van der Waals surface area contributed by atoms with Gasteiger partial charge in [-0.3, -0.25) is 14.4 Å². The molecule has 0 bridgehead atoms. The quantitative estimate of drug-likeness (QED) is 0.369. The number of nitrogens with zero attached hydrogens (tertiary/aromatic N) is 1. The van der Waals surface area contributed by atoms with Crippen molar-refractivity contribution in [3.05, 3.63) is 94.0 Å². The van der Waals surface area contributed by atoms with Gasteiger partial charge in [-0.15, -0.1) is 0 Å². The van der Waals surface area contributed by atoms with Gasteiger partial charge in [-0.05, 0) is 80.5 Å². The highest BCUT2D eigenvalue weighted by molar-refractivity contribution is 7.93. The molecular weight excluding hydrogens is 563 g/mol. The lowest BCUT2D eigenvalue weighted by Gasteiger charge is -2.23. The molecule has 1 fully saturated rings. The third kappa shape index (κ3) is 6.96. The average molecular weight is 590 g/mol. The number of hydrogen-bond donors (Lipinski definition) is 3. The summed E-state index contributed by atoms with van der Waals surface area (Å²) >= 11 is 12.2. The van der Waals surface area contributed by atoms with Crippen molar-refractivity contribution >= 4 is 56.6 Å². The SMILES string of the molecule is O=C(CNC(=O)c1ccc(S(=O)(=O)N(C(=O)c2ccc(Cl)cc2Cl)c2ccccc2)cc1)NC1CCNCC1. The highest BCUT2D eigenvalue weighted by atomic mass is 35.5. The van der Waals surface area contributed by atoms with Crippen LogP contribution in [0, 0.1) is 0 Å². The number of hydrogen-bond acceptors (Lipinski definition) is 6. The Hall–Kier alpha value is -3.44. The predicted octanol–water partition coefficient (Wildman–Crippen LogP) is 3.63. The molecule has 4 rings (SSSR count). The van der Waals surface area contributed by atoms with E-state index in [2.05, 4.69) is 16.0 Å². The fourth-order valence-electron chi connectivity index (χ4n) is 4.09. The molecule has 0 unspecified atom stereocenters. The average Bonchev–Trinajstić information content (AvgIpc) is 2.93. The van der Waals surface area contributed by atoms with Gasteiger partial charge in [-0.1, -0.05) is 41.4 Å². The van der Waals surface area contributed by atoms with E-state index in [0.717, 1.165) is 25.9 Å². The van der Waals surface area contributed by atoms with Crippen LogP contribution in [0.4, 0.5) is 5.69 Å². The maximum Gasteiger partial charge on any atom is 0.273 e. The molecule has 3 aromatic carbocycles. The number of nitrogens with one attached hydrogen (secondary N) is 3. The van der Waals surface area contributed by atoms with E-state index < -0.39 is 21.8 Å². The Morgan fingerprint density at radius 2 is 1.59 bits per heavy atom. The van der Waals surface area contributed by atoms with Crippen LogP contribution >= 0.6 is 23.2 Å². The van der Waals surface area contributed by atoms with E-state index >= 15 is 0 Å². The molecule has 3 aromatic rings. The number of piperidine rings is 1. The molecule has 1 aliphatic heterocycles. The molecule has 12 heteroatoms. The molecule has 1 heterocycles. The maximum atomic E-state index is 13.7. The topological polar surface area (TPSA) is 125 Å². The largest absolute Gasteiger partial charge is 0.352 e. The fraction of sp³-hybridized carbons (Fsp3) is 0.222. The van der Waals surface area contributed by atoms with E-state index in [0.29, 0.717) is 9.33 Å². The Morgan fingerprint density at radius 3 is 2.23 bits per heavy atom. The summed E-state index contributed by atoms with van der Waals surface area (Å²) in [6.45, 7) is 1.44. The summed E-state index contributed by atoms with van der Waals surface area (Å²) in [4.78, 5) is 38.0. The van der Waals surface area contributed by atoms with Crippen molar-refractivity contribution < 1.29 is 22.8 Å². The Morgan fingerprint density at radius 1 is 0.923 bits per heavy atom. The monoisotopic (exact) mass is 588 g/mol. The second-order valence-electron chi connectivity index (χ2n) is 8.83. The summed E-state index contributed by atoms with van der Waals surface area (Å²) in [7, 11) is -4.42. The number of benzene rings is 3. The maximum absolute atomic E-state index is 13.7. The smallest absolute Gasteiger partial charge is 0.273 e. The van der Waals surface area contributed by atoms with E-state index in [4.69, 9.17) is 23.2 Å². The molecule has 9 nitrogen and oxygen atoms in total. The van der Waals surface area contributed by atoms with Gasteiger partial charge in [-0.2, -0.15) is 4.31 Å². The zero-order valence-corrected chi connectivity index (χ0v) is 23.0. The third-order valence-electron chi connectivity index (χ3n) is 6.11. The number of rotatable bonds is 8. The van der Waals surface area contributed by atoms with Crippen LogP contribution in [0.3, 0.4) is 0 Å². The van der Waals surface area contributed by atoms with Gasteiger partial charge >= 0.3 is 0 Å². The van der Waals surface area contributed by atoms with Crippen LogP contribution in [0.5, 0.6) is 0 Å². The Kier molecular flexibility index (Phi) is 9.24. The molecule has 3 amide bonds. The van der Waals surface area contributed by atoms with Gasteiger partial charge in [0.1, 0.15) is 0 Å². The van der Waals surface area contributed by atoms with E-state index in [1.807, 2.05) is 0 Å². The Bertz CT molecular complexity index is 1460. The summed E-state index contributed by atoms with van der Waals surface area (Å²) in [5.74, 6) is -1.71. The van der Waals surface area contributed by atoms with E-state index in [9.17, 15) is 22.8 Å². The fourth-order valence-corrected chi connectivity index (χ4v) is 5.99. The number of sulfonamides is 1. The number of halogens is 2. The molecule has 1 saturated heterocycles. The Labute approximate surface area is 236 Å². The summed E-state index contributed by atoms with van der Waals surface area (Å²) in [6, 6.07) is 17.2. The van der Waals surface area contributed by atoms with Crippen molar-refractivity contribution in [3.63, 3.8) is 0 Å². The van der Waals surface area contributed by atoms with Crippen LogP contribution in [-0.2, 0) is 14.8 Å². The first kappa shape index (κ1) is 28.6. The van der Waals surface area contributed by atoms with Gasteiger partial charge in [-0.25, -0.2) is 8.42 Å². The predicted molar refractivity (Wildman–Crippen MR) is 150 cm³/mol. The lowest BCUT2D eigenvalue weighted by Crippen LogP contribution is -2.46. The summed E-state index contributed by atoms with van der Waals surface area (Å²) < 4.78 is 28.0. The van der Waals surface area contributed by atoms with Crippen LogP contribution in [-0.4, -0.2) is 51.8 Å². The van der Waals surface area contributed by atoms with Crippen LogP contribution in [0.2, 0.25) is 10.0 Å². The molecule has 0 aliphatic carbocycles. The highest BCUT2D eigenvalue weighted by Crippen LogP contribution is 2.29. The van der Waals surface area contributed by atoms with Crippen LogP contribution in [0.15, 0.2) is 77.7 Å². The van der Waals surface area contributed by atoms with Crippen LogP contribution in [0.1, 0.15) is 33.6 Å². The van der Waals surface area contributed by atoms with Gasteiger partial charge in [0.2, 0.25) is 5.91 Å². The lowest BCUT2D eigenvalue weighted by molar-refractivity contribution is -0.121. The highest BCUT2D eigenvalue weighted by Gasteiger charge is 2.33. The van der Waals surface area contributed by atoms with Crippen molar-refractivity contribution in [1.82, 2.24) is 16.0 Å². The minimum Gasteiger partial charge on any atom is -0.352 e. The molecule has 0 radical (unpaired) electrons. The molecule has 0 spiro atoms. The van der Waals surface area contributed by atoms with E-state index in [-0.39, 0.29) is 45.2 Å². The number of carbonyl (C=O) groups excluding carboxylic acids is 3. The van der Waals surface area contributed by atoms with Crippen molar-refractivity contribution in [3.8, 4) is 0 Å². The summed E-state index contributed by atoms with van der Waals surface area (Å²) in [6.07, 6.45) is 1.64. The summed E-state index contributed by atoms with van der Waals surface area (Å²) in [5.41, 5.74) is 0.212. The molecule has 0 atom stereocenters. The molecular formula is C27H26Cl2N4O5S. The first-order valence-electron chi connectivity index (χ1n) is 12.1. The van der Waals surface area contributed by atoms with Crippen molar-refractivity contribution in [1.29, 1.82) is 0 Å². The van der Waals surface area contributed by atoms with Gasteiger partial charge in [0.15, 0.2) is 0 Å². The molecule has 0 saturated carbocycles. The van der Waals surface area contributed by atoms with E-state index in [1.165, 1.54) is 54.6 Å². The van der Waals surface area contributed by atoms with Crippen LogP contribution in [0.25, 0.3) is 0 Å². The Balaban J connectivity index is 1.52. The number of carbonyl (C=O) groups is 3. The second kappa shape index (κ2) is 12.6. The number of anilines is 1. The first-order valence-corrected chi connectivity index (χ1v) is 14.3. The molecule has 1 aliphatic rings. The van der Waals surface area contributed by atoms with E-state index in [1.54, 1.807) is 18.2 Å². The first-order chi connectivity index (χ1) is 18.7. The molecule has 3 N–H and O–H groups in total. The third-order valence-corrected chi connectivity index (χ3v) is 8.38. The standard InChI is InChI=1S/C27H26Cl2N4O5S/c28-19-8-11-23(24(29)16-19)27(36)33(21-4-2-1-3-5-21)39(37,38)22-9-6-18(7-10-22)26(35)31-17-25(34)32-20-12-14-30-15-13-20/h1-11,16,20,30H,12-15,17H2,(H,31,35)(H,32,34). The van der Waals surface area contributed by atoms with Crippen molar-refractivity contribution in [2.24, 2.45) is 0 Å². The second-order valence-corrected chi connectivity index (χ2v) is 11.5. The van der Waals surface area contributed by atoms with Gasteiger partial charge < -0.3 is 16.0 Å². The number of para-hydroxylation sites is 1. The molecule has 204 valence electrons. The zero-order chi connectivity index (χ0) is 28.0. The summed E-state index contributed by atoms with van der Waals surface area (Å²) in [5, 5.41) is 8.93. The minimum atomic E-state index is -4.42. The number of amides is 3. The minimum absolute atomic E-state index is 0.000148. The molecule has 0 aromatic heterocycles. The van der Waals surface area contributed by atoms with Gasteiger partial charge in [0.25, 0.3) is 21.8 Å². The normalized spacial score (nSPS) is 13.9. The van der Waals surface area contributed by atoms with Gasteiger partial charge in [0.05, 0.1) is 27.7 Å². The zero-order valence-electron chi connectivity index (χ0n) is 20.7. The lowest BCUT2D eigenvalue weighted by atomic mass is 10.1. The van der Waals surface area contributed by atoms with Crippen molar-refractivity contribution in [2.75, 3.05) is 23.9 Å².